The fraction of sp³-hybridized carbons (Fsp3) is 0.214. The first-order chi connectivity index (χ1) is 10.3. The van der Waals surface area contributed by atoms with Crippen molar-refractivity contribution in [1.82, 2.24) is 15.3 Å². The number of alkyl halides is 3. The lowest BCUT2D eigenvalue weighted by Gasteiger charge is -2.15. The van der Waals surface area contributed by atoms with Crippen molar-refractivity contribution in [3.8, 4) is 0 Å². The minimum absolute atomic E-state index is 0.0142. The molecule has 0 bridgehead atoms. The van der Waals surface area contributed by atoms with Gasteiger partial charge in [-0.05, 0) is 24.6 Å². The molecule has 1 aromatic carbocycles. The molecule has 1 amide bonds. The van der Waals surface area contributed by atoms with Crippen molar-refractivity contribution in [2.24, 2.45) is 0 Å². The van der Waals surface area contributed by atoms with Crippen LogP contribution in [-0.2, 0) is 6.18 Å². The Balaban J connectivity index is 2.11. The van der Waals surface area contributed by atoms with E-state index in [1.165, 1.54) is 24.5 Å². The zero-order valence-corrected chi connectivity index (χ0v) is 11.6. The SMILES string of the molecule is CC(NC(=O)c1nccnc1N)c1ccc(C(F)(F)F)cc1. The third-order valence-electron chi connectivity index (χ3n) is 3.03. The molecule has 0 aliphatic rings. The summed E-state index contributed by atoms with van der Waals surface area (Å²) in [4.78, 5) is 19.6. The molecule has 0 aliphatic heterocycles. The summed E-state index contributed by atoms with van der Waals surface area (Å²) in [6, 6.07) is 4.06. The van der Waals surface area contributed by atoms with E-state index >= 15 is 0 Å². The van der Waals surface area contributed by atoms with Crippen molar-refractivity contribution in [3.05, 3.63) is 53.5 Å². The molecular weight excluding hydrogens is 297 g/mol. The lowest BCUT2D eigenvalue weighted by Crippen LogP contribution is -2.28. The highest BCUT2D eigenvalue weighted by Crippen LogP contribution is 2.29. The quantitative estimate of drug-likeness (QED) is 0.913. The second-order valence-corrected chi connectivity index (χ2v) is 4.61. The zero-order valence-electron chi connectivity index (χ0n) is 11.6. The van der Waals surface area contributed by atoms with E-state index in [0.717, 1.165) is 12.1 Å². The lowest BCUT2D eigenvalue weighted by atomic mass is 10.1. The molecule has 0 saturated heterocycles. The molecule has 116 valence electrons. The van der Waals surface area contributed by atoms with Crippen molar-refractivity contribution in [1.29, 1.82) is 0 Å². The maximum atomic E-state index is 12.5. The van der Waals surface area contributed by atoms with Gasteiger partial charge in [0.25, 0.3) is 5.91 Å². The monoisotopic (exact) mass is 310 g/mol. The average Bonchev–Trinajstić information content (AvgIpc) is 2.46. The Hall–Kier alpha value is -2.64. The van der Waals surface area contributed by atoms with E-state index in [1.54, 1.807) is 6.92 Å². The molecule has 0 spiro atoms. The molecule has 1 atom stereocenters. The summed E-state index contributed by atoms with van der Waals surface area (Å²) in [5, 5.41) is 2.61. The summed E-state index contributed by atoms with van der Waals surface area (Å²) < 4.78 is 37.5. The lowest BCUT2D eigenvalue weighted by molar-refractivity contribution is -0.137. The first kappa shape index (κ1) is 15.7. The standard InChI is InChI=1S/C14H13F3N4O/c1-8(9-2-4-10(5-3-9)14(15,16)17)21-13(22)11-12(18)20-7-6-19-11/h2-8H,1H3,(H2,18,20)(H,21,22). The predicted octanol–water partition coefficient (Wildman–Crippen LogP) is 2.57. The van der Waals surface area contributed by atoms with Crippen LogP contribution in [0.5, 0.6) is 0 Å². The van der Waals surface area contributed by atoms with Gasteiger partial charge in [-0.25, -0.2) is 9.97 Å². The molecular formula is C14H13F3N4O. The van der Waals surface area contributed by atoms with Crippen LogP contribution in [0.15, 0.2) is 36.7 Å². The Morgan fingerprint density at radius 2 is 1.77 bits per heavy atom. The molecule has 1 heterocycles. The number of nitrogens with zero attached hydrogens (tertiary/aromatic N) is 2. The molecule has 2 rings (SSSR count). The smallest absolute Gasteiger partial charge is 0.382 e. The average molecular weight is 310 g/mol. The summed E-state index contributed by atoms with van der Waals surface area (Å²) >= 11 is 0. The van der Waals surface area contributed by atoms with Crippen LogP contribution in [0.3, 0.4) is 0 Å². The van der Waals surface area contributed by atoms with Gasteiger partial charge in [0.2, 0.25) is 0 Å². The molecule has 0 saturated carbocycles. The van der Waals surface area contributed by atoms with Gasteiger partial charge in [0.1, 0.15) is 0 Å². The van der Waals surface area contributed by atoms with Crippen LogP contribution in [0.4, 0.5) is 19.0 Å². The van der Waals surface area contributed by atoms with Gasteiger partial charge in [-0.2, -0.15) is 13.2 Å². The maximum Gasteiger partial charge on any atom is 0.416 e. The number of rotatable bonds is 3. The van der Waals surface area contributed by atoms with Crippen molar-refractivity contribution in [2.45, 2.75) is 19.1 Å². The van der Waals surface area contributed by atoms with E-state index in [0.29, 0.717) is 5.56 Å². The Kier molecular flexibility index (Phi) is 4.30. The van der Waals surface area contributed by atoms with Gasteiger partial charge in [-0.15, -0.1) is 0 Å². The van der Waals surface area contributed by atoms with Crippen molar-refractivity contribution >= 4 is 11.7 Å². The number of hydrogen-bond donors (Lipinski definition) is 2. The number of nitrogens with two attached hydrogens (primary N) is 1. The highest BCUT2D eigenvalue weighted by atomic mass is 19.4. The number of carbonyl (C=O) groups is 1. The molecule has 0 fully saturated rings. The Labute approximate surface area is 124 Å². The summed E-state index contributed by atoms with van der Waals surface area (Å²) in [7, 11) is 0. The normalized spacial score (nSPS) is 12.7. The molecule has 22 heavy (non-hydrogen) atoms. The number of nitrogen functional groups attached to an aromatic ring is 1. The van der Waals surface area contributed by atoms with Gasteiger partial charge >= 0.3 is 6.18 Å². The summed E-state index contributed by atoms with van der Waals surface area (Å²) in [6.45, 7) is 1.65. The molecule has 3 N–H and O–H groups in total. The van der Waals surface area contributed by atoms with Crippen LogP contribution < -0.4 is 11.1 Å². The van der Waals surface area contributed by atoms with Gasteiger partial charge < -0.3 is 11.1 Å². The Morgan fingerprint density at radius 3 is 2.32 bits per heavy atom. The number of amides is 1. The third-order valence-corrected chi connectivity index (χ3v) is 3.03. The van der Waals surface area contributed by atoms with Crippen LogP contribution in [0.2, 0.25) is 0 Å². The molecule has 1 unspecified atom stereocenters. The van der Waals surface area contributed by atoms with E-state index < -0.39 is 23.7 Å². The summed E-state index contributed by atoms with van der Waals surface area (Å²) in [5.41, 5.74) is 5.31. The minimum atomic E-state index is -4.39. The van der Waals surface area contributed by atoms with E-state index in [9.17, 15) is 18.0 Å². The molecule has 1 aromatic heterocycles. The van der Waals surface area contributed by atoms with Gasteiger partial charge in [-0.3, -0.25) is 4.79 Å². The molecule has 2 aromatic rings. The van der Waals surface area contributed by atoms with E-state index in [2.05, 4.69) is 15.3 Å². The predicted molar refractivity (Wildman–Crippen MR) is 73.8 cm³/mol. The summed E-state index contributed by atoms with van der Waals surface area (Å²) in [5.74, 6) is -0.558. The first-order valence-electron chi connectivity index (χ1n) is 6.33. The second-order valence-electron chi connectivity index (χ2n) is 4.61. The van der Waals surface area contributed by atoms with E-state index in [-0.39, 0.29) is 11.5 Å². The van der Waals surface area contributed by atoms with Gasteiger partial charge in [0.15, 0.2) is 11.5 Å². The van der Waals surface area contributed by atoms with Crippen molar-refractivity contribution in [3.63, 3.8) is 0 Å². The van der Waals surface area contributed by atoms with Crippen LogP contribution in [-0.4, -0.2) is 15.9 Å². The fourth-order valence-electron chi connectivity index (χ4n) is 1.83. The second kappa shape index (κ2) is 6.00. The van der Waals surface area contributed by atoms with Gasteiger partial charge in [-0.1, -0.05) is 12.1 Å². The number of halogens is 3. The summed E-state index contributed by atoms with van der Waals surface area (Å²) in [6.07, 6.45) is -1.71. The fourth-order valence-corrected chi connectivity index (χ4v) is 1.83. The van der Waals surface area contributed by atoms with E-state index in [1.807, 2.05) is 0 Å². The highest BCUT2D eigenvalue weighted by Gasteiger charge is 2.30. The molecule has 0 radical (unpaired) electrons. The topological polar surface area (TPSA) is 80.9 Å². The number of hydrogen-bond acceptors (Lipinski definition) is 4. The van der Waals surface area contributed by atoms with Gasteiger partial charge in [0.05, 0.1) is 11.6 Å². The first-order valence-corrected chi connectivity index (χ1v) is 6.33. The number of carbonyl (C=O) groups excluding carboxylic acids is 1. The Bertz CT molecular complexity index is 671. The van der Waals surface area contributed by atoms with Crippen LogP contribution >= 0.6 is 0 Å². The third kappa shape index (κ3) is 3.51. The highest BCUT2D eigenvalue weighted by molar-refractivity contribution is 5.96. The van der Waals surface area contributed by atoms with Crippen LogP contribution in [0.25, 0.3) is 0 Å². The van der Waals surface area contributed by atoms with E-state index in [4.69, 9.17) is 5.73 Å². The molecule has 5 nitrogen and oxygen atoms in total. The number of nitrogens with one attached hydrogen (secondary N) is 1. The number of benzene rings is 1. The Morgan fingerprint density at radius 1 is 1.18 bits per heavy atom. The van der Waals surface area contributed by atoms with Gasteiger partial charge in [0, 0.05) is 12.4 Å². The van der Waals surface area contributed by atoms with Crippen LogP contribution in [0, 0.1) is 0 Å². The number of aromatic nitrogens is 2. The van der Waals surface area contributed by atoms with Crippen molar-refractivity contribution < 1.29 is 18.0 Å². The molecule has 8 heteroatoms. The molecule has 0 aliphatic carbocycles. The number of anilines is 1. The maximum absolute atomic E-state index is 12.5. The minimum Gasteiger partial charge on any atom is -0.382 e. The largest absolute Gasteiger partial charge is 0.416 e. The zero-order chi connectivity index (χ0) is 16.3. The van der Waals surface area contributed by atoms with Crippen LogP contribution in [0.1, 0.15) is 34.6 Å². The van der Waals surface area contributed by atoms with Crippen molar-refractivity contribution in [2.75, 3.05) is 5.73 Å².